The zero-order valence-electron chi connectivity index (χ0n) is 19.0. The number of rotatable bonds is 1. The Labute approximate surface area is 193 Å². The van der Waals surface area contributed by atoms with Gasteiger partial charge in [-0.2, -0.15) is 0 Å². The molecule has 2 heterocycles. The fourth-order valence-electron chi connectivity index (χ4n) is 5.08. The molecule has 2 aliphatic rings. The summed E-state index contributed by atoms with van der Waals surface area (Å²) in [6, 6.07) is 11.4. The molecule has 2 aromatic carbocycles. The molecule has 0 bridgehead atoms. The standard InChI is InChI=1S/C26H30F2N2O3/c1-29-16-17-33-22-12-3-2-8-19(22)9-4-5-13-26(25(29)32)14-7-15-30(18-26)24(31)23-20(27)10-6-11-21(23)28/h2-3,6,8,10-12H,4-5,7,9,13-18H2,1H3. The zero-order valence-corrected chi connectivity index (χ0v) is 19.0. The van der Waals surface area contributed by atoms with Gasteiger partial charge in [0.2, 0.25) is 5.91 Å². The van der Waals surface area contributed by atoms with E-state index in [2.05, 4.69) is 6.07 Å². The average molecular weight is 457 g/mol. The van der Waals surface area contributed by atoms with Crippen LogP contribution in [0.4, 0.5) is 8.78 Å². The van der Waals surface area contributed by atoms with Gasteiger partial charge in [-0.3, -0.25) is 9.59 Å². The van der Waals surface area contributed by atoms with Gasteiger partial charge in [-0.15, -0.1) is 0 Å². The molecule has 2 aliphatic heterocycles. The number of aryl methyl sites for hydroxylation is 1. The first-order chi connectivity index (χ1) is 15.9. The molecule has 2 amide bonds. The normalized spacial score (nSPS) is 22.2. The monoisotopic (exact) mass is 456 g/mol. The number of likely N-dealkylation sites (tertiary alicyclic amines) is 1. The molecule has 2 aromatic rings. The van der Waals surface area contributed by atoms with Crippen LogP contribution >= 0.6 is 0 Å². The zero-order chi connectivity index (χ0) is 23.4. The van der Waals surface area contributed by atoms with Crippen LogP contribution in [0.1, 0.15) is 48.0 Å². The number of hydrogen-bond donors (Lipinski definition) is 0. The van der Waals surface area contributed by atoms with E-state index in [0.29, 0.717) is 39.0 Å². The second-order valence-corrected chi connectivity index (χ2v) is 9.10. The summed E-state index contributed by atoms with van der Waals surface area (Å²) >= 11 is 0. The Morgan fingerprint density at radius 3 is 2.48 bits per heavy atom. The van der Waals surface area contributed by atoms with Crippen molar-refractivity contribution in [3.8, 4) is 5.75 Å². The fourth-order valence-corrected chi connectivity index (χ4v) is 5.08. The molecule has 1 saturated heterocycles. The van der Waals surface area contributed by atoms with Crippen LogP contribution in [0.25, 0.3) is 0 Å². The average Bonchev–Trinajstić information content (AvgIpc) is 2.81. The number of benzene rings is 2. The van der Waals surface area contributed by atoms with E-state index in [1.165, 1.54) is 11.0 Å². The highest BCUT2D eigenvalue weighted by atomic mass is 19.1. The van der Waals surface area contributed by atoms with Gasteiger partial charge < -0.3 is 14.5 Å². The maximum Gasteiger partial charge on any atom is 0.259 e. The summed E-state index contributed by atoms with van der Waals surface area (Å²) in [5, 5.41) is 0. The number of ether oxygens (including phenoxy) is 1. The Hall–Kier alpha value is -2.96. The second-order valence-electron chi connectivity index (χ2n) is 9.10. The van der Waals surface area contributed by atoms with Crippen molar-refractivity contribution in [2.24, 2.45) is 5.41 Å². The van der Waals surface area contributed by atoms with Crippen molar-refractivity contribution in [3.63, 3.8) is 0 Å². The second kappa shape index (κ2) is 9.89. The van der Waals surface area contributed by atoms with E-state index in [9.17, 15) is 18.4 Å². The van der Waals surface area contributed by atoms with Gasteiger partial charge in [-0.25, -0.2) is 8.78 Å². The number of hydrogen-bond acceptors (Lipinski definition) is 3. The molecule has 0 saturated carbocycles. The first-order valence-corrected chi connectivity index (χ1v) is 11.6. The molecule has 0 aliphatic carbocycles. The van der Waals surface area contributed by atoms with Gasteiger partial charge in [-0.05, 0) is 55.9 Å². The van der Waals surface area contributed by atoms with Crippen molar-refractivity contribution in [2.45, 2.75) is 38.5 Å². The molecule has 4 rings (SSSR count). The Balaban J connectivity index is 1.57. The minimum absolute atomic E-state index is 0.0357. The lowest BCUT2D eigenvalue weighted by molar-refractivity contribution is -0.144. The van der Waals surface area contributed by atoms with Crippen LogP contribution in [-0.2, 0) is 11.2 Å². The third kappa shape index (κ3) is 4.87. The first kappa shape index (κ1) is 23.2. The van der Waals surface area contributed by atoms with Crippen LogP contribution in [-0.4, -0.2) is 54.9 Å². The quantitative estimate of drug-likeness (QED) is 0.637. The summed E-state index contributed by atoms with van der Waals surface area (Å²) in [4.78, 5) is 29.8. The molecule has 0 radical (unpaired) electrons. The lowest BCUT2D eigenvalue weighted by atomic mass is 9.74. The summed E-state index contributed by atoms with van der Waals surface area (Å²) in [7, 11) is 1.75. The number of piperidine rings is 1. The number of likely N-dealkylation sites (N-methyl/N-ethyl adjacent to an activating group) is 1. The van der Waals surface area contributed by atoms with Crippen LogP contribution in [0, 0.1) is 17.0 Å². The molecule has 0 aromatic heterocycles. The lowest BCUT2D eigenvalue weighted by Gasteiger charge is -2.44. The predicted molar refractivity (Wildman–Crippen MR) is 121 cm³/mol. The Kier molecular flexibility index (Phi) is 6.96. The predicted octanol–water partition coefficient (Wildman–Crippen LogP) is 4.45. The van der Waals surface area contributed by atoms with Gasteiger partial charge >= 0.3 is 0 Å². The molecule has 1 unspecified atom stereocenters. The summed E-state index contributed by atoms with van der Waals surface area (Å²) < 4.78 is 34.5. The number of amides is 2. The van der Waals surface area contributed by atoms with Crippen molar-refractivity contribution in [2.75, 3.05) is 33.3 Å². The highest BCUT2D eigenvalue weighted by Crippen LogP contribution is 2.38. The van der Waals surface area contributed by atoms with Gasteiger partial charge in [0, 0.05) is 20.1 Å². The molecule has 7 heteroatoms. The van der Waals surface area contributed by atoms with Crippen LogP contribution in [0.5, 0.6) is 5.75 Å². The van der Waals surface area contributed by atoms with Gasteiger partial charge in [-0.1, -0.05) is 30.7 Å². The van der Waals surface area contributed by atoms with E-state index in [1.807, 2.05) is 18.2 Å². The van der Waals surface area contributed by atoms with Crippen molar-refractivity contribution in [3.05, 3.63) is 65.2 Å². The summed E-state index contributed by atoms with van der Waals surface area (Å²) in [5.74, 6) is -1.62. The molecule has 0 N–H and O–H groups in total. The molecule has 176 valence electrons. The third-order valence-corrected chi connectivity index (χ3v) is 6.85. The SMILES string of the molecule is CN1CCOc2ccccc2CCCCC2(CCCN(C(=O)c3c(F)cccc3F)C2)C1=O. The summed E-state index contributed by atoms with van der Waals surface area (Å²) in [5.41, 5.74) is -0.159. The molecular weight excluding hydrogens is 426 g/mol. The number of carbonyl (C=O) groups excluding carboxylic acids is 2. The Morgan fingerprint density at radius 1 is 0.970 bits per heavy atom. The van der Waals surface area contributed by atoms with Crippen molar-refractivity contribution < 1.29 is 23.1 Å². The fraction of sp³-hybridized carbons (Fsp3) is 0.462. The first-order valence-electron chi connectivity index (χ1n) is 11.6. The van der Waals surface area contributed by atoms with Gasteiger partial charge in [0.1, 0.15) is 29.6 Å². The van der Waals surface area contributed by atoms with Gasteiger partial charge in [0.15, 0.2) is 0 Å². The van der Waals surface area contributed by atoms with Crippen LogP contribution in [0.2, 0.25) is 0 Å². The topological polar surface area (TPSA) is 49.9 Å². The lowest BCUT2D eigenvalue weighted by Crippen LogP contribution is -2.54. The smallest absolute Gasteiger partial charge is 0.259 e. The van der Waals surface area contributed by atoms with Crippen LogP contribution in [0.3, 0.4) is 0 Å². The number of nitrogens with zero attached hydrogens (tertiary/aromatic N) is 2. The number of fused-ring (bicyclic) bond motifs is 1. The van der Waals surface area contributed by atoms with E-state index in [4.69, 9.17) is 4.74 Å². The van der Waals surface area contributed by atoms with Crippen molar-refractivity contribution in [1.82, 2.24) is 9.80 Å². The van der Waals surface area contributed by atoms with Crippen molar-refractivity contribution >= 4 is 11.8 Å². The largest absolute Gasteiger partial charge is 0.491 e. The Morgan fingerprint density at radius 2 is 1.70 bits per heavy atom. The molecule has 1 spiro atoms. The van der Waals surface area contributed by atoms with E-state index in [-0.39, 0.29) is 12.5 Å². The maximum absolute atomic E-state index is 14.3. The number of halogens is 2. The minimum atomic E-state index is -0.877. The highest BCUT2D eigenvalue weighted by molar-refractivity contribution is 5.95. The summed E-state index contributed by atoms with van der Waals surface area (Å²) in [6.45, 7) is 1.34. The van der Waals surface area contributed by atoms with Crippen molar-refractivity contribution in [1.29, 1.82) is 0 Å². The number of carbonyl (C=O) groups is 2. The maximum atomic E-state index is 14.3. The molecular formula is C26H30F2N2O3. The van der Waals surface area contributed by atoms with Gasteiger partial charge in [0.05, 0.1) is 12.0 Å². The van der Waals surface area contributed by atoms with Gasteiger partial charge in [0.25, 0.3) is 5.91 Å². The Bertz CT molecular complexity index is 1010. The van der Waals surface area contributed by atoms with Crippen LogP contribution < -0.4 is 4.74 Å². The molecule has 5 nitrogen and oxygen atoms in total. The van der Waals surface area contributed by atoms with E-state index in [0.717, 1.165) is 42.7 Å². The van der Waals surface area contributed by atoms with E-state index >= 15 is 0 Å². The van der Waals surface area contributed by atoms with E-state index in [1.54, 1.807) is 11.9 Å². The highest BCUT2D eigenvalue weighted by Gasteiger charge is 2.45. The van der Waals surface area contributed by atoms with E-state index < -0.39 is 28.5 Å². The third-order valence-electron chi connectivity index (χ3n) is 6.85. The number of para-hydroxylation sites is 1. The summed E-state index contributed by atoms with van der Waals surface area (Å²) in [6.07, 6.45) is 4.43. The molecule has 1 atom stereocenters. The molecule has 33 heavy (non-hydrogen) atoms. The minimum Gasteiger partial charge on any atom is -0.491 e. The van der Waals surface area contributed by atoms with Crippen LogP contribution in [0.15, 0.2) is 42.5 Å². The molecule has 1 fully saturated rings.